The number of Topliss-reactive ketones (excluding diaryl/α,β-unsaturated/α-hetero) is 1. The van der Waals surface area contributed by atoms with E-state index < -0.39 is 17.9 Å². The van der Waals surface area contributed by atoms with E-state index in [2.05, 4.69) is 5.32 Å². The summed E-state index contributed by atoms with van der Waals surface area (Å²) in [5.41, 5.74) is 0.659. The zero-order valence-corrected chi connectivity index (χ0v) is 14.3. The number of hydrogen-bond donors (Lipinski definition) is 2. The predicted octanol–water partition coefficient (Wildman–Crippen LogP) is 2.94. The number of carbonyl (C=O) groups is 3. The molecular weight excluding hydrogens is 302 g/mol. The van der Waals surface area contributed by atoms with Gasteiger partial charge in [-0.05, 0) is 25.8 Å². The molecule has 0 spiro atoms. The highest BCUT2D eigenvalue weighted by Crippen LogP contribution is 2.22. The van der Waals surface area contributed by atoms with Crippen molar-refractivity contribution < 1.29 is 19.5 Å². The van der Waals surface area contributed by atoms with Crippen LogP contribution in [0.15, 0.2) is 6.07 Å². The highest BCUT2D eigenvalue weighted by Gasteiger charge is 2.25. The molecule has 6 heteroatoms. The molecule has 5 nitrogen and oxygen atoms in total. The van der Waals surface area contributed by atoms with Gasteiger partial charge in [0.25, 0.3) is 0 Å². The summed E-state index contributed by atoms with van der Waals surface area (Å²) >= 11 is 1.55. The van der Waals surface area contributed by atoms with Crippen LogP contribution in [0.4, 0.5) is 0 Å². The summed E-state index contributed by atoms with van der Waals surface area (Å²) < 4.78 is 0. The molecule has 22 heavy (non-hydrogen) atoms. The van der Waals surface area contributed by atoms with Gasteiger partial charge in [-0.15, -0.1) is 11.3 Å². The third-order valence-corrected chi connectivity index (χ3v) is 4.68. The van der Waals surface area contributed by atoms with Crippen molar-refractivity contribution in [3.8, 4) is 0 Å². The first-order valence-corrected chi connectivity index (χ1v) is 8.20. The maximum atomic E-state index is 12.1. The van der Waals surface area contributed by atoms with Crippen LogP contribution < -0.4 is 5.32 Å². The van der Waals surface area contributed by atoms with Gasteiger partial charge >= 0.3 is 5.97 Å². The van der Waals surface area contributed by atoms with Gasteiger partial charge in [-0.3, -0.25) is 9.59 Å². The fourth-order valence-electron chi connectivity index (χ4n) is 2.20. The molecular formula is C16H23NO4S. The molecule has 2 unspecified atom stereocenters. The zero-order valence-electron chi connectivity index (χ0n) is 13.4. The highest BCUT2D eigenvalue weighted by molar-refractivity contribution is 7.12. The third kappa shape index (κ3) is 4.94. The fourth-order valence-corrected chi connectivity index (χ4v) is 3.14. The van der Waals surface area contributed by atoms with Gasteiger partial charge < -0.3 is 10.4 Å². The second-order valence-corrected chi connectivity index (χ2v) is 6.98. The van der Waals surface area contributed by atoms with E-state index in [4.69, 9.17) is 5.11 Å². The molecule has 0 fully saturated rings. The largest absolute Gasteiger partial charge is 0.480 e. The van der Waals surface area contributed by atoms with Gasteiger partial charge in [-0.25, -0.2) is 4.79 Å². The monoisotopic (exact) mass is 325 g/mol. The van der Waals surface area contributed by atoms with Crippen LogP contribution in [0, 0.1) is 19.8 Å². The minimum absolute atomic E-state index is 0.00732. The molecule has 1 aromatic rings. The molecule has 2 N–H and O–H groups in total. The molecule has 0 aliphatic rings. The van der Waals surface area contributed by atoms with Crippen molar-refractivity contribution in [1.82, 2.24) is 5.32 Å². The Morgan fingerprint density at radius 1 is 1.27 bits per heavy atom. The Morgan fingerprint density at radius 2 is 1.91 bits per heavy atom. The Hall–Kier alpha value is -1.69. The number of carbonyl (C=O) groups excluding carboxylic acids is 2. The maximum absolute atomic E-state index is 12.1. The number of aryl methyl sites for hydroxylation is 2. The number of hydrogen-bond acceptors (Lipinski definition) is 4. The normalized spacial score (nSPS) is 13.5. The number of amides is 1. The average Bonchev–Trinajstić information content (AvgIpc) is 2.79. The quantitative estimate of drug-likeness (QED) is 0.720. The number of carboxylic acid groups (broad SMARTS) is 1. The van der Waals surface area contributed by atoms with E-state index in [1.54, 1.807) is 18.3 Å². The molecule has 0 aliphatic carbocycles. The van der Waals surface area contributed by atoms with Gasteiger partial charge in [0.05, 0.1) is 0 Å². The van der Waals surface area contributed by atoms with Crippen LogP contribution >= 0.6 is 11.3 Å². The zero-order chi connectivity index (χ0) is 16.9. The summed E-state index contributed by atoms with van der Waals surface area (Å²) in [6.45, 7) is 7.47. The van der Waals surface area contributed by atoms with Crippen molar-refractivity contribution in [1.29, 1.82) is 0 Å². The summed E-state index contributed by atoms with van der Waals surface area (Å²) in [5, 5.41) is 11.6. The van der Waals surface area contributed by atoms with Crippen LogP contribution in [-0.2, 0) is 9.59 Å². The Balaban J connectivity index is 2.57. The molecule has 0 saturated carbocycles. The van der Waals surface area contributed by atoms with E-state index in [1.807, 2.05) is 26.8 Å². The van der Waals surface area contributed by atoms with Crippen molar-refractivity contribution in [2.24, 2.45) is 5.92 Å². The van der Waals surface area contributed by atoms with Crippen LogP contribution in [0.25, 0.3) is 0 Å². The molecule has 0 aliphatic heterocycles. The molecule has 1 aromatic heterocycles. The van der Waals surface area contributed by atoms with Crippen LogP contribution in [0.2, 0.25) is 0 Å². The summed E-state index contributed by atoms with van der Waals surface area (Å²) in [5.74, 6) is -1.67. The highest BCUT2D eigenvalue weighted by atomic mass is 32.1. The lowest BCUT2D eigenvalue weighted by atomic mass is 9.99. The minimum atomic E-state index is -1.04. The smallest absolute Gasteiger partial charge is 0.326 e. The molecule has 2 atom stereocenters. The summed E-state index contributed by atoms with van der Waals surface area (Å²) in [4.78, 5) is 37.2. The Labute approximate surface area is 134 Å². The Kier molecular flexibility index (Phi) is 6.74. The van der Waals surface area contributed by atoms with Gasteiger partial charge in [0.1, 0.15) is 6.04 Å². The number of ketones is 1. The first-order valence-electron chi connectivity index (χ1n) is 7.38. The van der Waals surface area contributed by atoms with Crippen LogP contribution in [0.3, 0.4) is 0 Å². The average molecular weight is 325 g/mol. The third-order valence-electron chi connectivity index (χ3n) is 3.72. The molecule has 0 saturated heterocycles. The van der Waals surface area contributed by atoms with Gasteiger partial charge in [-0.2, -0.15) is 0 Å². The molecule has 1 rings (SSSR count). The first-order chi connectivity index (χ1) is 10.3. The van der Waals surface area contributed by atoms with E-state index in [0.29, 0.717) is 12.0 Å². The van der Waals surface area contributed by atoms with Gasteiger partial charge in [0.15, 0.2) is 5.78 Å². The number of thiophene rings is 1. The van der Waals surface area contributed by atoms with Crippen molar-refractivity contribution in [3.05, 3.63) is 21.4 Å². The minimum Gasteiger partial charge on any atom is -0.480 e. The number of nitrogens with one attached hydrogen (secondary N) is 1. The van der Waals surface area contributed by atoms with Crippen molar-refractivity contribution in [2.75, 3.05) is 0 Å². The molecule has 0 bridgehead atoms. The maximum Gasteiger partial charge on any atom is 0.326 e. The van der Waals surface area contributed by atoms with E-state index in [1.165, 1.54) is 0 Å². The van der Waals surface area contributed by atoms with E-state index in [0.717, 1.165) is 9.75 Å². The van der Waals surface area contributed by atoms with Gasteiger partial charge in [-0.1, -0.05) is 20.3 Å². The molecule has 1 amide bonds. The standard InChI is InChI=1S/C16H23NO4S/c1-5-9(2)15(16(20)21)17-14(19)7-6-13(18)12-8-10(3)22-11(12)4/h8-9,15H,5-7H2,1-4H3,(H,17,19)(H,20,21). The molecule has 0 aromatic carbocycles. The number of carboxylic acids is 1. The van der Waals surface area contributed by atoms with Crippen molar-refractivity contribution in [3.63, 3.8) is 0 Å². The van der Waals surface area contributed by atoms with Gasteiger partial charge in [0.2, 0.25) is 5.91 Å². The fraction of sp³-hybridized carbons (Fsp3) is 0.562. The summed E-state index contributed by atoms with van der Waals surface area (Å²) in [6.07, 6.45) is 0.757. The van der Waals surface area contributed by atoms with E-state index in [-0.39, 0.29) is 24.5 Å². The lowest BCUT2D eigenvalue weighted by Crippen LogP contribution is -2.45. The van der Waals surface area contributed by atoms with Gasteiger partial charge in [0, 0.05) is 28.2 Å². The second-order valence-electron chi connectivity index (χ2n) is 5.52. The molecule has 0 radical (unpaired) electrons. The molecule has 122 valence electrons. The van der Waals surface area contributed by atoms with Crippen molar-refractivity contribution in [2.45, 2.75) is 53.0 Å². The lowest BCUT2D eigenvalue weighted by Gasteiger charge is -2.20. The lowest BCUT2D eigenvalue weighted by molar-refractivity contribution is -0.143. The SMILES string of the molecule is CCC(C)C(NC(=O)CCC(=O)c1cc(C)sc1C)C(=O)O. The Morgan fingerprint density at radius 3 is 2.36 bits per heavy atom. The van der Waals surface area contributed by atoms with Crippen molar-refractivity contribution >= 4 is 29.0 Å². The van der Waals surface area contributed by atoms with E-state index in [9.17, 15) is 14.4 Å². The van der Waals surface area contributed by atoms with Crippen LogP contribution in [-0.4, -0.2) is 28.8 Å². The predicted molar refractivity (Wildman–Crippen MR) is 86.4 cm³/mol. The second kappa shape index (κ2) is 8.08. The molecule has 1 heterocycles. The topological polar surface area (TPSA) is 83.5 Å². The Bertz CT molecular complexity index is 564. The van der Waals surface area contributed by atoms with Crippen LogP contribution in [0.1, 0.15) is 53.2 Å². The van der Waals surface area contributed by atoms with E-state index >= 15 is 0 Å². The summed E-state index contributed by atoms with van der Waals surface area (Å²) in [7, 11) is 0. The summed E-state index contributed by atoms with van der Waals surface area (Å²) in [6, 6.07) is 0.928. The number of rotatable bonds is 8. The first kappa shape index (κ1) is 18.4. The number of aliphatic carboxylic acids is 1. The van der Waals surface area contributed by atoms with Crippen LogP contribution in [0.5, 0.6) is 0 Å².